The second kappa shape index (κ2) is 13.4. The maximum Gasteiger partial charge on any atom is 0.252 e. The Labute approximate surface area is 247 Å². The number of anilines is 1. The van der Waals surface area contributed by atoms with Gasteiger partial charge >= 0.3 is 0 Å². The number of halogens is 4. The Bertz CT molecular complexity index is 1380. The number of carbonyl (C=O) groups is 3. The van der Waals surface area contributed by atoms with Crippen LogP contribution >= 0.6 is 11.6 Å². The molecule has 42 heavy (non-hydrogen) atoms. The van der Waals surface area contributed by atoms with Crippen molar-refractivity contribution in [3.8, 4) is 6.07 Å². The average Bonchev–Trinajstić information content (AvgIpc) is 3.34. The first-order valence-corrected chi connectivity index (χ1v) is 14.2. The number of carbonyl (C=O) groups excluding carboxylic acids is 3. The minimum Gasteiger partial charge on any atom is -0.351 e. The van der Waals surface area contributed by atoms with Gasteiger partial charge in [0.1, 0.15) is 23.7 Å². The van der Waals surface area contributed by atoms with Crippen molar-refractivity contribution in [1.82, 2.24) is 15.2 Å². The smallest absolute Gasteiger partial charge is 0.252 e. The number of aromatic nitrogens is 1. The molecular weight excluding hydrogens is 571 g/mol. The van der Waals surface area contributed by atoms with Crippen molar-refractivity contribution in [2.75, 3.05) is 10.8 Å². The van der Waals surface area contributed by atoms with E-state index < -0.39 is 66.4 Å². The first-order valence-electron chi connectivity index (χ1n) is 13.7. The van der Waals surface area contributed by atoms with Crippen LogP contribution in [0.2, 0.25) is 0 Å². The van der Waals surface area contributed by atoms with E-state index in [1.54, 1.807) is 37.3 Å². The number of allylic oxidation sites excluding steroid dienone is 6. The summed E-state index contributed by atoms with van der Waals surface area (Å²) in [6.07, 6.45) is 10.4. The first kappa shape index (κ1) is 31.0. The summed E-state index contributed by atoms with van der Waals surface area (Å²) in [5, 5.41) is 12.0. The molecule has 1 aromatic rings. The molecule has 222 valence electrons. The van der Waals surface area contributed by atoms with Gasteiger partial charge in [0.25, 0.3) is 11.8 Å². The third-order valence-corrected chi connectivity index (χ3v) is 7.61. The van der Waals surface area contributed by atoms with E-state index in [1.165, 1.54) is 29.3 Å². The Morgan fingerprint density at radius 3 is 2.76 bits per heavy atom. The number of rotatable bonds is 10. The van der Waals surface area contributed by atoms with Crippen molar-refractivity contribution < 1.29 is 27.6 Å². The van der Waals surface area contributed by atoms with Crippen molar-refractivity contribution in [2.24, 2.45) is 5.92 Å². The lowest BCUT2D eigenvalue weighted by Crippen LogP contribution is -2.60. The van der Waals surface area contributed by atoms with Crippen LogP contribution in [0.1, 0.15) is 51.0 Å². The van der Waals surface area contributed by atoms with Crippen LogP contribution in [-0.2, 0) is 14.4 Å². The van der Waals surface area contributed by atoms with Gasteiger partial charge in [-0.2, -0.15) is 5.26 Å². The molecule has 4 rings (SSSR count). The molecule has 2 aliphatic carbocycles. The third kappa shape index (κ3) is 6.93. The van der Waals surface area contributed by atoms with E-state index >= 15 is 4.39 Å². The second-order valence-electron chi connectivity index (χ2n) is 10.5. The van der Waals surface area contributed by atoms with Gasteiger partial charge in [0.2, 0.25) is 11.8 Å². The second-order valence-corrected chi connectivity index (χ2v) is 10.8. The van der Waals surface area contributed by atoms with E-state index in [4.69, 9.17) is 11.6 Å². The quantitative estimate of drug-likeness (QED) is 0.297. The van der Waals surface area contributed by atoms with Gasteiger partial charge in [-0.3, -0.25) is 24.2 Å². The number of nitriles is 1. The molecule has 0 radical (unpaired) electrons. The average molecular weight is 602 g/mol. The number of nitrogens with one attached hydrogen (secondary N) is 1. The van der Waals surface area contributed by atoms with E-state index in [9.17, 15) is 28.4 Å². The number of hydrogen-bond acceptors (Lipinski definition) is 5. The molecule has 0 bridgehead atoms. The predicted molar refractivity (Wildman–Crippen MR) is 151 cm³/mol. The highest BCUT2D eigenvalue weighted by Crippen LogP contribution is 2.38. The highest BCUT2D eigenvalue weighted by Gasteiger charge is 2.49. The van der Waals surface area contributed by atoms with E-state index in [0.717, 1.165) is 4.90 Å². The SMILES string of the molecule is CC(/C=C\C=C/CCl)[C@@H](C(=O)NC1CC(F)(F)C1)N(C(=O)[C@@H]1CCC(=O)N1c1cc(C#N)ccn1)C1=C(F)CCC=C1. The Hall–Kier alpha value is -3.91. The van der Waals surface area contributed by atoms with Crippen LogP contribution in [0.15, 0.2) is 66.3 Å². The predicted octanol–water partition coefficient (Wildman–Crippen LogP) is 5.08. The Balaban J connectivity index is 1.77. The molecule has 3 amide bonds. The molecule has 1 N–H and O–H groups in total. The lowest BCUT2D eigenvalue weighted by molar-refractivity contribution is -0.143. The van der Waals surface area contributed by atoms with Crippen molar-refractivity contribution >= 4 is 35.1 Å². The highest BCUT2D eigenvalue weighted by atomic mass is 35.5. The summed E-state index contributed by atoms with van der Waals surface area (Å²) >= 11 is 5.70. The molecule has 0 spiro atoms. The van der Waals surface area contributed by atoms with Gasteiger partial charge in [-0.25, -0.2) is 18.2 Å². The standard InChI is InChI=1S/C30H31ClF3N5O3/c1-19(7-3-2-6-13-31)27(28(41)37-21-16-30(33,34)17-21)39(23-9-5-4-8-22(23)32)29(42)24-10-11-26(40)38(24)25-15-20(18-35)12-14-36-25/h2-3,5-7,9,12,14-15,19,21,24,27H,4,8,10-11,13,16-17H2,1H3,(H,37,41)/b6-2-,7-3-/t19?,24-,27-/m0/s1. The van der Waals surface area contributed by atoms with Gasteiger partial charge in [0.05, 0.1) is 17.3 Å². The van der Waals surface area contributed by atoms with Gasteiger partial charge < -0.3 is 5.32 Å². The zero-order valence-electron chi connectivity index (χ0n) is 23.0. The van der Waals surface area contributed by atoms with Crippen LogP contribution < -0.4 is 10.2 Å². The van der Waals surface area contributed by atoms with E-state index in [2.05, 4.69) is 10.3 Å². The number of alkyl halides is 3. The minimum absolute atomic E-state index is 0.000557. The highest BCUT2D eigenvalue weighted by molar-refractivity contribution is 6.18. The van der Waals surface area contributed by atoms with Crippen LogP contribution in [0.3, 0.4) is 0 Å². The topological polar surface area (TPSA) is 106 Å². The van der Waals surface area contributed by atoms with Crippen LogP contribution in [0.25, 0.3) is 0 Å². The minimum atomic E-state index is -2.89. The maximum absolute atomic E-state index is 15.5. The molecule has 12 heteroatoms. The van der Waals surface area contributed by atoms with Crippen molar-refractivity contribution in [2.45, 2.75) is 69.5 Å². The van der Waals surface area contributed by atoms with E-state index in [-0.39, 0.29) is 42.2 Å². The molecule has 1 aliphatic heterocycles. The lowest BCUT2D eigenvalue weighted by Gasteiger charge is -2.41. The van der Waals surface area contributed by atoms with Gasteiger partial charge in [-0.15, -0.1) is 11.6 Å². The summed E-state index contributed by atoms with van der Waals surface area (Å²) < 4.78 is 42.6. The maximum atomic E-state index is 15.5. The summed E-state index contributed by atoms with van der Waals surface area (Å²) in [7, 11) is 0. The monoisotopic (exact) mass is 601 g/mol. The normalized spacial score (nSPS) is 21.9. The lowest BCUT2D eigenvalue weighted by atomic mass is 9.87. The molecule has 3 atom stereocenters. The fourth-order valence-corrected chi connectivity index (χ4v) is 5.44. The molecule has 1 aromatic heterocycles. The van der Waals surface area contributed by atoms with Gasteiger partial charge in [0.15, 0.2) is 0 Å². The fraction of sp³-hybridized carbons (Fsp3) is 0.433. The summed E-state index contributed by atoms with van der Waals surface area (Å²) in [5.74, 6) is -5.75. The Kier molecular flexibility index (Phi) is 9.89. The molecule has 2 heterocycles. The van der Waals surface area contributed by atoms with Crippen molar-refractivity contribution in [3.63, 3.8) is 0 Å². The fourth-order valence-electron chi connectivity index (χ4n) is 5.34. The molecular formula is C30H31ClF3N5O3. The summed E-state index contributed by atoms with van der Waals surface area (Å²) in [4.78, 5) is 47.6. The van der Waals surface area contributed by atoms with Gasteiger partial charge in [0, 0.05) is 49.7 Å². The van der Waals surface area contributed by atoms with Crippen LogP contribution in [0, 0.1) is 17.2 Å². The van der Waals surface area contributed by atoms with Gasteiger partial charge in [-0.1, -0.05) is 37.3 Å². The van der Waals surface area contributed by atoms with Crippen molar-refractivity contribution in [3.05, 3.63) is 71.9 Å². The Morgan fingerprint density at radius 2 is 2.10 bits per heavy atom. The number of amides is 3. The molecule has 1 saturated carbocycles. The largest absolute Gasteiger partial charge is 0.351 e. The zero-order chi connectivity index (χ0) is 30.4. The first-order chi connectivity index (χ1) is 20.1. The number of nitrogens with zero attached hydrogens (tertiary/aromatic N) is 4. The summed E-state index contributed by atoms with van der Waals surface area (Å²) in [5.41, 5.74) is 0.102. The molecule has 8 nitrogen and oxygen atoms in total. The van der Waals surface area contributed by atoms with E-state index in [0.29, 0.717) is 6.42 Å². The third-order valence-electron chi connectivity index (χ3n) is 7.43. The van der Waals surface area contributed by atoms with E-state index in [1.807, 2.05) is 6.07 Å². The van der Waals surface area contributed by atoms with Gasteiger partial charge in [-0.05, 0) is 31.1 Å². The summed E-state index contributed by atoms with van der Waals surface area (Å²) in [6.45, 7) is 1.66. The van der Waals surface area contributed by atoms with Crippen LogP contribution in [-0.4, -0.2) is 57.5 Å². The molecule has 1 unspecified atom stereocenters. The van der Waals surface area contributed by atoms with Crippen LogP contribution in [0.5, 0.6) is 0 Å². The Morgan fingerprint density at radius 1 is 1.33 bits per heavy atom. The number of hydrogen-bond donors (Lipinski definition) is 1. The summed E-state index contributed by atoms with van der Waals surface area (Å²) in [6, 6.07) is 1.52. The molecule has 3 aliphatic rings. The van der Waals surface area contributed by atoms with Crippen LogP contribution in [0.4, 0.5) is 19.0 Å². The van der Waals surface area contributed by atoms with Crippen molar-refractivity contribution in [1.29, 1.82) is 5.26 Å². The molecule has 1 saturated heterocycles. The molecule has 0 aromatic carbocycles. The number of pyridine rings is 1. The molecule has 2 fully saturated rings. The zero-order valence-corrected chi connectivity index (χ0v) is 23.7.